The molecule has 0 spiro atoms. The average molecular weight is 484 g/mol. The van der Waals surface area contributed by atoms with Crippen LogP contribution in [-0.4, -0.2) is 40.5 Å². The van der Waals surface area contributed by atoms with Crippen LogP contribution in [0.5, 0.6) is 0 Å². The molecule has 2 heterocycles. The fourth-order valence-corrected chi connectivity index (χ4v) is 5.85. The quantitative estimate of drug-likeness (QED) is 0.379. The smallest absolute Gasteiger partial charge is 0.293 e. The molecule has 1 saturated heterocycles. The van der Waals surface area contributed by atoms with E-state index < -0.39 is 14.9 Å². The normalized spacial score (nSPS) is 14.8. The molecule has 0 saturated carbocycles. The van der Waals surface area contributed by atoms with E-state index in [4.69, 9.17) is 0 Å². The maximum absolute atomic E-state index is 13.0. The fourth-order valence-electron chi connectivity index (χ4n) is 4.31. The molecule has 1 aliphatic rings. The van der Waals surface area contributed by atoms with Crippen molar-refractivity contribution in [2.24, 2.45) is 0 Å². The Morgan fingerprint density at radius 2 is 1.76 bits per heavy atom. The van der Waals surface area contributed by atoms with Crippen LogP contribution >= 0.6 is 0 Å². The van der Waals surface area contributed by atoms with Crippen LogP contribution in [0.2, 0.25) is 0 Å². The highest BCUT2D eigenvalue weighted by molar-refractivity contribution is 7.89. The number of nitrogens with zero attached hydrogens (tertiary/aromatic N) is 4. The summed E-state index contributed by atoms with van der Waals surface area (Å²) >= 11 is 0. The Morgan fingerprint density at radius 1 is 1.06 bits per heavy atom. The number of anilines is 1. The minimum Gasteiger partial charge on any atom is -0.375 e. The van der Waals surface area contributed by atoms with Crippen molar-refractivity contribution in [3.05, 3.63) is 81.2 Å². The van der Waals surface area contributed by atoms with Gasteiger partial charge in [0.2, 0.25) is 10.0 Å². The average Bonchev–Trinajstić information content (AvgIpc) is 3.10. The third-order valence-corrected chi connectivity index (χ3v) is 8.18. The molecule has 9 nitrogen and oxygen atoms in total. The lowest BCUT2D eigenvalue weighted by molar-refractivity contribution is -0.384. The minimum absolute atomic E-state index is 0.0466. The van der Waals surface area contributed by atoms with Crippen molar-refractivity contribution < 1.29 is 13.3 Å². The van der Waals surface area contributed by atoms with E-state index in [1.54, 1.807) is 0 Å². The van der Waals surface area contributed by atoms with Gasteiger partial charge in [0.15, 0.2) is 0 Å². The van der Waals surface area contributed by atoms with Gasteiger partial charge in [0, 0.05) is 37.0 Å². The molecule has 2 aromatic carbocycles. The van der Waals surface area contributed by atoms with Crippen LogP contribution in [0.3, 0.4) is 0 Å². The number of rotatable bonds is 8. The Labute approximate surface area is 199 Å². The minimum atomic E-state index is -3.75. The Bertz CT molecular complexity index is 1280. The van der Waals surface area contributed by atoms with Crippen LogP contribution in [0.25, 0.3) is 0 Å². The van der Waals surface area contributed by atoms with Gasteiger partial charge in [-0.15, -0.1) is 0 Å². The van der Waals surface area contributed by atoms with Crippen LogP contribution in [0.4, 0.5) is 11.4 Å². The highest BCUT2D eigenvalue weighted by Gasteiger charge is 2.28. The van der Waals surface area contributed by atoms with Crippen LogP contribution in [-0.2, 0) is 23.1 Å². The highest BCUT2D eigenvalue weighted by atomic mass is 32.2. The number of nitrogens with one attached hydrogen (secondary N) is 1. The topological polar surface area (TPSA) is 110 Å². The molecule has 0 amide bonds. The van der Waals surface area contributed by atoms with E-state index in [2.05, 4.69) is 10.4 Å². The fraction of sp³-hybridized carbons (Fsp3) is 0.375. The van der Waals surface area contributed by atoms with Crippen LogP contribution < -0.4 is 5.32 Å². The van der Waals surface area contributed by atoms with Crippen molar-refractivity contribution in [1.29, 1.82) is 0 Å². The molecule has 0 unspecified atom stereocenters. The Kier molecular flexibility index (Phi) is 6.99. The van der Waals surface area contributed by atoms with Gasteiger partial charge in [0.05, 0.1) is 22.1 Å². The van der Waals surface area contributed by atoms with E-state index in [9.17, 15) is 18.5 Å². The SMILES string of the molecule is Cc1nn(Cc2ccccc2)c(C)c1CNc1ccc(S(=O)(=O)N2CCCCC2)cc1[N+](=O)[O-]. The van der Waals surface area contributed by atoms with E-state index in [1.165, 1.54) is 16.4 Å². The molecular weight excluding hydrogens is 454 g/mol. The first-order valence-corrected chi connectivity index (χ1v) is 12.8. The van der Waals surface area contributed by atoms with Gasteiger partial charge in [0.1, 0.15) is 5.69 Å². The summed E-state index contributed by atoms with van der Waals surface area (Å²) in [7, 11) is -3.75. The lowest BCUT2D eigenvalue weighted by atomic mass is 10.1. The second kappa shape index (κ2) is 9.94. The molecular formula is C24H29N5O4S. The van der Waals surface area contributed by atoms with Crippen LogP contribution in [0.15, 0.2) is 53.4 Å². The van der Waals surface area contributed by atoms with E-state index >= 15 is 0 Å². The van der Waals surface area contributed by atoms with E-state index in [0.717, 1.165) is 47.8 Å². The molecule has 180 valence electrons. The van der Waals surface area contributed by atoms with Gasteiger partial charge in [0.25, 0.3) is 5.69 Å². The largest absolute Gasteiger partial charge is 0.375 e. The summed E-state index contributed by atoms with van der Waals surface area (Å²) in [6.45, 7) is 5.75. The van der Waals surface area contributed by atoms with Crippen LogP contribution in [0.1, 0.15) is 41.8 Å². The first kappa shape index (κ1) is 23.9. The summed E-state index contributed by atoms with van der Waals surface area (Å²) in [6, 6.07) is 14.1. The second-order valence-corrected chi connectivity index (χ2v) is 10.5. The highest BCUT2D eigenvalue weighted by Crippen LogP contribution is 2.31. The van der Waals surface area contributed by atoms with Crippen LogP contribution in [0, 0.1) is 24.0 Å². The molecule has 10 heteroatoms. The summed E-state index contributed by atoms with van der Waals surface area (Å²) in [6.07, 6.45) is 2.60. The van der Waals surface area contributed by atoms with Crippen molar-refractivity contribution in [3.63, 3.8) is 0 Å². The molecule has 1 aliphatic heterocycles. The van der Waals surface area contributed by atoms with Gasteiger partial charge in [-0.05, 0) is 44.4 Å². The lowest BCUT2D eigenvalue weighted by Crippen LogP contribution is -2.35. The summed E-state index contributed by atoms with van der Waals surface area (Å²) in [4.78, 5) is 11.2. The molecule has 1 N–H and O–H groups in total. The number of benzene rings is 2. The monoisotopic (exact) mass is 483 g/mol. The predicted molar refractivity (Wildman–Crippen MR) is 130 cm³/mol. The number of nitro benzene ring substituents is 1. The molecule has 4 rings (SSSR count). The van der Waals surface area contributed by atoms with Gasteiger partial charge in [-0.25, -0.2) is 8.42 Å². The predicted octanol–water partition coefficient (Wildman–Crippen LogP) is 4.24. The lowest BCUT2D eigenvalue weighted by Gasteiger charge is -2.25. The Balaban J connectivity index is 1.55. The maximum atomic E-state index is 13.0. The van der Waals surface area contributed by atoms with Crippen molar-refractivity contribution in [1.82, 2.24) is 14.1 Å². The molecule has 0 bridgehead atoms. The summed E-state index contributed by atoms with van der Waals surface area (Å²) < 4.78 is 29.3. The standard InChI is InChI=1S/C24H29N5O4S/c1-18-22(19(2)28(26-18)17-20-9-5-3-6-10-20)16-25-23-12-11-21(15-24(23)29(30)31)34(32,33)27-13-7-4-8-14-27/h3,5-6,9-12,15,25H,4,7-8,13-14,16-17H2,1-2H3. The Hall–Kier alpha value is -3.24. The van der Waals surface area contributed by atoms with Crippen molar-refractivity contribution in [3.8, 4) is 0 Å². The molecule has 0 aliphatic carbocycles. The Morgan fingerprint density at radius 3 is 2.44 bits per heavy atom. The molecule has 3 aromatic rings. The molecule has 1 aromatic heterocycles. The van der Waals surface area contributed by atoms with Gasteiger partial charge in [-0.2, -0.15) is 9.40 Å². The van der Waals surface area contributed by atoms with E-state index in [0.29, 0.717) is 26.2 Å². The van der Waals surface area contributed by atoms with E-state index in [1.807, 2.05) is 48.9 Å². The summed E-state index contributed by atoms with van der Waals surface area (Å²) in [5, 5.41) is 19.5. The van der Waals surface area contributed by atoms with Gasteiger partial charge in [-0.3, -0.25) is 14.8 Å². The number of aromatic nitrogens is 2. The molecule has 0 radical (unpaired) electrons. The second-order valence-electron chi connectivity index (χ2n) is 8.55. The first-order chi connectivity index (χ1) is 16.3. The third kappa shape index (κ3) is 4.97. The van der Waals surface area contributed by atoms with Crippen molar-refractivity contribution in [2.75, 3.05) is 18.4 Å². The van der Waals surface area contributed by atoms with Crippen molar-refractivity contribution in [2.45, 2.75) is 51.1 Å². The van der Waals surface area contributed by atoms with Gasteiger partial charge < -0.3 is 5.32 Å². The van der Waals surface area contributed by atoms with E-state index in [-0.39, 0.29) is 16.3 Å². The van der Waals surface area contributed by atoms with Gasteiger partial charge in [-0.1, -0.05) is 36.8 Å². The molecule has 0 atom stereocenters. The third-order valence-electron chi connectivity index (χ3n) is 6.28. The first-order valence-electron chi connectivity index (χ1n) is 11.4. The number of nitro groups is 1. The van der Waals surface area contributed by atoms with Crippen molar-refractivity contribution >= 4 is 21.4 Å². The van der Waals surface area contributed by atoms with Gasteiger partial charge >= 0.3 is 0 Å². The zero-order chi connectivity index (χ0) is 24.3. The summed E-state index contributed by atoms with van der Waals surface area (Å²) in [5.41, 5.74) is 3.92. The number of aryl methyl sites for hydroxylation is 1. The zero-order valence-corrected chi connectivity index (χ0v) is 20.2. The number of hydrogen-bond acceptors (Lipinski definition) is 6. The number of piperidine rings is 1. The number of sulfonamides is 1. The molecule has 1 fully saturated rings. The molecule has 34 heavy (non-hydrogen) atoms. The number of hydrogen-bond donors (Lipinski definition) is 1. The maximum Gasteiger partial charge on any atom is 0.293 e. The zero-order valence-electron chi connectivity index (χ0n) is 19.4. The summed E-state index contributed by atoms with van der Waals surface area (Å²) in [5.74, 6) is 0.